The van der Waals surface area contributed by atoms with Crippen LogP contribution in [0.1, 0.15) is 19.4 Å². The van der Waals surface area contributed by atoms with E-state index in [1.807, 2.05) is 0 Å². The number of rotatable bonds is 12. The Kier molecular flexibility index (Phi) is 9.76. The number of amides is 3. The largest absolute Gasteiger partial charge is 0.493 e. The lowest BCUT2D eigenvalue weighted by atomic mass is 10.2. The second kappa shape index (κ2) is 13.4. The van der Waals surface area contributed by atoms with Gasteiger partial charge < -0.3 is 23.7 Å². The predicted octanol–water partition coefficient (Wildman–Crippen LogP) is 4.94. The number of anilines is 1. The SMILES string of the molecule is CCOc1cc(/C=C2\SC(=O)N(CCOc3ccccc3OC)C2=O)ccc1OS(=O)(=O)c1ccc(NC(C)=O)cc1. The van der Waals surface area contributed by atoms with Gasteiger partial charge in [-0.3, -0.25) is 19.3 Å². The second-order valence-corrected chi connectivity index (χ2v) is 11.3. The minimum absolute atomic E-state index is 0.0423. The molecule has 4 rings (SSSR count). The molecule has 0 unspecified atom stereocenters. The van der Waals surface area contributed by atoms with Crippen LogP contribution in [0.2, 0.25) is 0 Å². The number of hydrogen-bond donors (Lipinski definition) is 1. The zero-order valence-electron chi connectivity index (χ0n) is 23.0. The Morgan fingerprint density at radius 3 is 2.33 bits per heavy atom. The smallest absolute Gasteiger partial charge is 0.339 e. The lowest BCUT2D eigenvalue weighted by Crippen LogP contribution is -2.32. The summed E-state index contributed by atoms with van der Waals surface area (Å²) in [6, 6.07) is 17.1. The monoisotopic (exact) mass is 612 g/mol. The van der Waals surface area contributed by atoms with E-state index in [0.29, 0.717) is 22.7 Å². The summed E-state index contributed by atoms with van der Waals surface area (Å²) in [5.74, 6) is 0.355. The number of nitrogens with zero attached hydrogens (tertiary/aromatic N) is 1. The first-order chi connectivity index (χ1) is 20.1. The van der Waals surface area contributed by atoms with Crippen LogP contribution >= 0.6 is 11.8 Å². The van der Waals surface area contributed by atoms with E-state index in [1.165, 1.54) is 56.5 Å². The summed E-state index contributed by atoms with van der Waals surface area (Å²) in [4.78, 5) is 37.9. The molecular weight excluding hydrogens is 584 g/mol. The molecule has 13 heteroatoms. The van der Waals surface area contributed by atoms with Crippen molar-refractivity contribution in [2.24, 2.45) is 0 Å². The normalized spacial score (nSPS) is 14.2. The van der Waals surface area contributed by atoms with Crippen molar-refractivity contribution in [2.75, 3.05) is 32.2 Å². The fourth-order valence-corrected chi connectivity index (χ4v) is 5.66. The van der Waals surface area contributed by atoms with Crippen LogP contribution in [-0.2, 0) is 19.7 Å². The van der Waals surface area contributed by atoms with Crippen molar-refractivity contribution in [3.05, 3.63) is 77.2 Å². The topological polar surface area (TPSA) is 138 Å². The highest BCUT2D eigenvalue weighted by Crippen LogP contribution is 2.36. The number of hydrogen-bond acceptors (Lipinski definition) is 10. The lowest BCUT2D eigenvalue weighted by Gasteiger charge is -2.14. The summed E-state index contributed by atoms with van der Waals surface area (Å²) in [7, 11) is -2.71. The minimum atomic E-state index is -4.23. The maximum absolute atomic E-state index is 13.0. The summed E-state index contributed by atoms with van der Waals surface area (Å²) in [5.41, 5.74) is 0.938. The summed E-state index contributed by atoms with van der Waals surface area (Å²) in [6.45, 7) is 3.41. The quantitative estimate of drug-likeness (QED) is 0.221. The Labute approximate surface area is 247 Å². The van der Waals surface area contributed by atoms with Crippen LogP contribution in [0, 0.1) is 0 Å². The molecule has 1 N–H and O–H groups in total. The minimum Gasteiger partial charge on any atom is -0.493 e. The number of thioether (sulfide) groups is 1. The summed E-state index contributed by atoms with van der Waals surface area (Å²) in [6.07, 6.45) is 1.52. The molecule has 0 saturated carbocycles. The van der Waals surface area contributed by atoms with Crippen LogP contribution in [0.25, 0.3) is 6.08 Å². The molecule has 1 heterocycles. The van der Waals surface area contributed by atoms with Crippen molar-refractivity contribution in [1.29, 1.82) is 0 Å². The third-order valence-electron chi connectivity index (χ3n) is 5.74. The molecule has 42 heavy (non-hydrogen) atoms. The van der Waals surface area contributed by atoms with Gasteiger partial charge in [0.2, 0.25) is 5.91 Å². The number of benzene rings is 3. The Morgan fingerprint density at radius 2 is 1.67 bits per heavy atom. The fraction of sp³-hybridized carbons (Fsp3) is 0.207. The van der Waals surface area contributed by atoms with E-state index in [-0.39, 0.29) is 47.0 Å². The molecule has 11 nitrogen and oxygen atoms in total. The van der Waals surface area contributed by atoms with Crippen LogP contribution in [0.5, 0.6) is 23.0 Å². The van der Waals surface area contributed by atoms with Gasteiger partial charge in [-0.05, 0) is 78.9 Å². The van der Waals surface area contributed by atoms with Crippen molar-refractivity contribution in [3.8, 4) is 23.0 Å². The summed E-state index contributed by atoms with van der Waals surface area (Å²) >= 11 is 0.790. The molecule has 3 amide bonds. The number of carbonyl (C=O) groups excluding carboxylic acids is 3. The van der Waals surface area contributed by atoms with E-state index < -0.39 is 21.3 Å². The van der Waals surface area contributed by atoms with Crippen molar-refractivity contribution in [1.82, 2.24) is 4.90 Å². The van der Waals surface area contributed by atoms with Crippen LogP contribution in [0.15, 0.2) is 76.5 Å². The third-order valence-corrected chi connectivity index (χ3v) is 7.90. The van der Waals surface area contributed by atoms with Gasteiger partial charge in [0.1, 0.15) is 11.5 Å². The second-order valence-electron chi connectivity index (χ2n) is 8.71. The van der Waals surface area contributed by atoms with E-state index in [2.05, 4.69) is 5.32 Å². The molecule has 3 aromatic rings. The Morgan fingerprint density at radius 1 is 0.952 bits per heavy atom. The lowest BCUT2D eigenvalue weighted by molar-refractivity contribution is -0.123. The average molecular weight is 613 g/mol. The zero-order chi connectivity index (χ0) is 30.3. The van der Waals surface area contributed by atoms with Crippen molar-refractivity contribution in [3.63, 3.8) is 0 Å². The highest BCUT2D eigenvalue weighted by molar-refractivity contribution is 8.18. The molecule has 3 aromatic carbocycles. The molecule has 0 atom stereocenters. The van der Waals surface area contributed by atoms with Crippen molar-refractivity contribution in [2.45, 2.75) is 18.7 Å². The highest BCUT2D eigenvalue weighted by atomic mass is 32.2. The molecule has 0 spiro atoms. The van der Waals surface area contributed by atoms with Crippen LogP contribution in [-0.4, -0.2) is 57.2 Å². The number of ether oxygens (including phenoxy) is 3. The Balaban J connectivity index is 1.46. The van der Waals surface area contributed by atoms with Gasteiger partial charge in [-0.15, -0.1) is 0 Å². The predicted molar refractivity (Wildman–Crippen MR) is 157 cm³/mol. The van der Waals surface area contributed by atoms with E-state index in [9.17, 15) is 22.8 Å². The van der Waals surface area contributed by atoms with Crippen molar-refractivity contribution >= 4 is 50.7 Å². The van der Waals surface area contributed by atoms with Gasteiger partial charge in [0, 0.05) is 12.6 Å². The number of methoxy groups -OCH3 is 1. The standard InChI is InChI=1S/C29H28N2O9S2/c1-4-38-26-17-20(9-14-25(26)40-42(35,36)22-12-10-21(11-13-22)30-19(2)32)18-27-28(33)31(29(34)41-27)15-16-39-24-8-6-5-7-23(24)37-3/h5-14,17-18H,4,15-16H2,1-3H3,(H,30,32)/b27-18-. The van der Waals surface area contributed by atoms with Gasteiger partial charge in [0.05, 0.1) is 25.2 Å². The van der Waals surface area contributed by atoms with E-state index in [0.717, 1.165) is 16.7 Å². The van der Waals surface area contributed by atoms with Gasteiger partial charge in [0.25, 0.3) is 11.1 Å². The fourth-order valence-electron chi connectivity index (χ4n) is 3.86. The van der Waals surface area contributed by atoms with Crippen LogP contribution in [0.3, 0.4) is 0 Å². The zero-order valence-corrected chi connectivity index (χ0v) is 24.6. The molecule has 1 aliphatic heterocycles. The van der Waals surface area contributed by atoms with Crippen LogP contribution in [0.4, 0.5) is 10.5 Å². The number of carbonyl (C=O) groups is 3. The first-order valence-corrected chi connectivity index (χ1v) is 14.9. The Bertz CT molecular complexity index is 1620. The van der Waals surface area contributed by atoms with E-state index in [1.54, 1.807) is 37.3 Å². The van der Waals surface area contributed by atoms with Gasteiger partial charge in [-0.25, -0.2) is 0 Å². The molecule has 0 radical (unpaired) electrons. The Hall–Kier alpha value is -4.49. The molecule has 0 aromatic heterocycles. The number of imide groups is 1. The maximum Gasteiger partial charge on any atom is 0.339 e. The molecule has 1 fully saturated rings. The number of nitrogens with one attached hydrogen (secondary N) is 1. The summed E-state index contributed by atoms with van der Waals surface area (Å²) in [5, 5.41) is 2.13. The molecule has 0 bridgehead atoms. The molecule has 0 aliphatic carbocycles. The maximum atomic E-state index is 13.0. The first kappa shape index (κ1) is 30.5. The molecule has 220 valence electrons. The van der Waals surface area contributed by atoms with E-state index >= 15 is 0 Å². The highest BCUT2D eigenvalue weighted by Gasteiger charge is 2.35. The van der Waals surface area contributed by atoms with Crippen molar-refractivity contribution < 1.29 is 41.2 Å². The molecular formula is C29H28N2O9S2. The third kappa shape index (κ3) is 7.42. The van der Waals surface area contributed by atoms with Gasteiger partial charge in [-0.1, -0.05) is 18.2 Å². The van der Waals surface area contributed by atoms with Gasteiger partial charge in [0.15, 0.2) is 23.0 Å². The average Bonchev–Trinajstić information content (AvgIpc) is 3.22. The number of para-hydroxylation sites is 2. The van der Waals surface area contributed by atoms with Crippen LogP contribution < -0.4 is 23.7 Å². The van der Waals surface area contributed by atoms with E-state index in [4.69, 9.17) is 18.4 Å². The molecule has 1 saturated heterocycles. The van der Waals surface area contributed by atoms with Gasteiger partial charge >= 0.3 is 10.1 Å². The first-order valence-electron chi connectivity index (χ1n) is 12.7. The van der Waals surface area contributed by atoms with Gasteiger partial charge in [-0.2, -0.15) is 8.42 Å². The summed E-state index contributed by atoms with van der Waals surface area (Å²) < 4.78 is 47.7. The molecule has 1 aliphatic rings.